The highest BCUT2D eigenvalue weighted by molar-refractivity contribution is 7.13. The first kappa shape index (κ1) is 21.8. The number of ether oxygens (including phenoxy) is 2. The van der Waals surface area contributed by atoms with E-state index in [9.17, 15) is 4.79 Å². The van der Waals surface area contributed by atoms with E-state index in [4.69, 9.17) is 9.47 Å². The number of nitrogens with zero attached hydrogens (tertiary/aromatic N) is 1. The number of carbonyl (C=O) groups excluding carboxylic acids is 1. The van der Waals surface area contributed by atoms with Gasteiger partial charge in [-0.2, -0.15) is 0 Å². The van der Waals surface area contributed by atoms with E-state index in [1.165, 1.54) is 28.0 Å². The van der Waals surface area contributed by atoms with E-state index in [-0.39, 0.29) is 18.4 Å². The minimum absolute atomic E-state index is 0.0172. The summed E-state index contributed by atoms with van der Waals surface area (Å²) in [6.45, 7) is 6.24. The van der Waals surface area contributed by atoms with Gasteiger partial charge in [-0.15, -0.1) is 11.3 Å². The molecule has 0 spiro atoms. The lowest BCUT2D eigenvalue weighted by Crippen LogP contribution is -2.35. The van der Waals surface area contributed by atoms with Gasteiger partial charge in [0.2, 0.25) is 5.91 Å². The molecule has 1 unspecified atom stereocenters. The zero-order chi connectivity index (χ0) is 21.7. The lowest BCUT2D eigenvalue weighted by atomic mass is 10.00. The number of thiazole rings is 1. The summed E-state index contributed by atoms with van der Waals surface area (Å²) in [4.78, 5) is 17.1. The van der Waals surface area contributed by atoms with E-state index in [2.05, 4.69) is 42.3 Å². The highest BCUT2D eigenvalue weighted by Crippen LogP contribution is 2.33. The third-order valence-corrected chi connectivity index (χ3v) is 5.90. The Labute approximate surface area is 182 Å². The van der Waals surface area contributed by atoms with Crippen LogP contribution in [0, 0.1) is 13.8 Å². The second-order valence-electron chi connectivity index (χ2n) is 7.49. The number of aryl methyl sites for hydroxylation is 2. The maximum Gasteiger partial charge on any atom is 0.226 e. The number of aromatic nitrogens is 1. The number of carbonyl (C=O) groups is 1. The SMILES string of the molecule is COc1ccc(-c2nc(CC(=O)NC(C)Cc3ccc(C)cc3C)cs2)cc1OC. The molecular weight excluding hydrogens is 396 g/mol. The summed E-state index contributed by atoms with van der Waals surface area (Å²) in [5.74, 6) is 1.32. The fraction of sp³-hybridized carbons (Fsp3) is 0.333. The number of hydrogen-bond acceptors (Lipinski definition) is 5. The molecule has 0 saturated carbocycles. The molecule has 5 nitrogen and oxygen atoms in total. The second kappa shape index (κ2) is 9.76. The van der Waals surface area contributed by atoms with Gasteiger partial charge in [-0.05, 0) is 56.5 Å². The molecule has 1 aromatic heterocycles. The summed E-state index contributed by atoms with van der Waals surface area (Å²) in [5, 5.41) is 5.87. The molecule has 1 atom stereocenters. The van der Waals surface area contributed by atoms with Crippen molar-refractivity contribution in [2.24, 2.45) is 0 Å². The van der Waals surface area contributed by atoms with Crippen molar-refractivity contribution in [3.63, 3.8) is 0 Å². The molecule has 1 heterocycles. The van der Waals surface area contributed by atoms with Crippen LogP contribution in [0.4, 0.5) is 0 Å². The van der Waals surface area contributed by atoms with Gasteiger partial charge in [-0.3, -0.25) is 4.79 Å². The summed E-state index contributed by atoms with van der Waals surface area (Å²) >= 11 is 1.51. The average molecular weight is 425 g/mol. The van der Waals surface area contributed by atoms with Crippen LogP contribution in [0.1, 0.15) is 29.3 Å². The average Bonchev–Trinajstić information content (AvgIpc) is 3.17. The van der Waals surface area contributed by atoms with E-state index in [1.54, 1.807) is 14.2 Å². The molecule has 3 rings (SSSR count). The normalized spacial score (nSPS) is 11.8. The molecule has 6 heteroatoms. The Kier molecular flexibility index (Phi) is 7.11. The third kappa shape index (κ3) is 5.39. The van der Waals surface area contributed by atoms with Crippen LogP contribution in [-0.2, 0) is 17.6 Å². The number of nitrogens with one attached hydrogen (secondary N) is 1. The van der Waals surface area contributed by atoms with Crippen LogP contribution in [-0.4, -0.2) is 31.2 Å². The first-order valence-corrected chi connectivity index (χ1v) is 10.8. The predicted molar refractivity (Wildman–Crippen MR) is 122 cm³/mol. The van der Waals surface area contributed by atoms with Crippen LogP contribution >= 0.6 is 11.3 Å². The molecule has 2 aromatic carbocycles. The fourth-order valence-electron chi connectivity index (χ4n) is 3.44. The first-order valence-electron chi connectivity index (χ1n) is 9.92. The van der Waals surface area contributed by atoms with Gasteiger partial charge >= 0.3 is 0 Å². The maximum absolute atomic E-state index is 12.5. The van der Waals surface area contributed by atoms with Crippen molar-refractivity contribution < 1.29 is 14.3 Å². The van der Waals surface area contributed by atoms with Gasteiger partial charge in [0.05, 0.1) is 26.3 Å². The molecule has 0 saturated heterocycles. The molecule has 1 amide bonds. The van der Waals surface area contributed by atoms with Crippen molar-refractivity contribution in [1.29, 1.82) is 0 Å². The van der Waals surface area contributed by atoms with E-state index < -0.39 is 0 Å². The van der Waals surface area contributed by atoms with E-state index in [0.29, 0.717) is 11.5 Å². The smallest absolute Gasteiger partial charge is 0.226 e. The van der Waals surface area contributed by atoms with Crippen molar-refractivity contribution in [2.45, 2.75) is 39.7 Å². The lowest BCUT2D eigenvalue weighted by Gasteiger charge is -2.15. The van der Waals surface area contributed by atoms with Gasteiger partial charge in [0.25, 0.3) is 0 Å². The van der Waals surface area contributed by atoms with Crippen molar-refractivity contribution in [3.05, 3.63) is 64.2 Å². The Morgan fingerprint density at radius 3 is 2.57 bits per heavy atom. The van der Waals surface area contributed by atoms with Gasteiger partial charge in [-0.1, -0.05) is 23.8 Å². The molecule has 0 fully saturated rings. The highest BCUT2D eigenvalue weighted by Gasteiger charge is 2.14. The van der Waals surface area contributed by atoms with Crippen molar-refractivity contribution >= 4 is 17.2 Å². The molecule has 30 heavy (non-hydrogen) atoms. The van der Waals surface area contributed by atoms with Crippen LogP contribution in [0.15, 0.2) is 41.8 Å². The van der Waals surface area contributed by atoms with Gasteiger partial charge in [0.15, 0.2) is 11.5 Å². The first-order chi connectivity index (χ1) is 14.4. The zero-order valence-corrected chi connectivity index (χ0v) is 18.9. The number of rotatable bonds is 8. The summed E-state index contributed by atoms with van der Waals surface area (Å²) in [7, 11) is 3.22. The standard InChI is InChI=1S/C24H28N2O3S/c1-15-6-7-18(16(2)10-15)11-17(3)25-23(27)13-20-14-30-24(26-20)19-8-9-21(28-4)22(12-19)29-5/h6-10,12,14,17H,11,13H2,1-5H3,(H,25,27). The predicted octanol–water partition coefficient (Wildman–Crippen LogP) is 4.73. The van der Waals surface area contributed by atoms with Crippen LogP contribution in [0.3, 0.4) is 0 Å². The fourth-order valence-corrected chi connectivity index (χ4v) is 4.25. The monoisotopic (exact) mass is 424 g/mol. The Morgan fingerprint density at radius 2 is 1.87 bits per heavy atom. The molecule has 0 radical (unpaired) electrons. The van der Waals surface area contributed by atoms with Gasteiger partial charge in [-0.25, -0.2) is 4.98 Å². The molecule has 158 valence electrons. The molecule has 1 N–H and O–H groups in total. The number of hydrogen-bond donors (Lipinski definition) is 1. The van der Waals surface area contributed by atoms with Gasteiger partial charge < -0.3 is 14.8 Å². The zero-order valence-electron chi connectivity index (χ0n) is 18.1. The van der Waals surface area contributed by atoms with E-state index in [1.807, 2.05) is 30.5 Å². The van der Waals surface area contributed by atoms with Gasteiger partial charge in [0, 0.05) is 17.0 Å². The van der Waals surface area contributed by atoms with Crippen molar-refractivity contribution in [1.82, 2.24) is 10.3 Å². The molecule has 0 aliphatic rings. The Bertz CT molecular complexity index is 1030. The minimum atomic E-state index is -0.0172. The second-order valence-corrected chi connectivity index (χ2v) is 8.35. The summed E-state index contributed by atoms with van der Waals surface area (Å²) in [5.41, 5.74) is 5.48. The number of amides is 1. The topological polar surface area (TPSA) is 60.5 Å². The summed E-state index contributed by atoms with van der Waals surface area (Å²) in [6.07, 6.45) is 1.08. The Hall–Kier alpha value is -2.86. The maximum atomic E-state index is 12.5. The van der Waals surface area contributed by atoms with Crippen molar-refractivity contribution in [2.75, 3.05) is 14.2 Å². The largest absolute Gasteiger partial charge is 0.493 e. The minimum Gasteiger partial charge on any atom is -0.493 e. The van der Waals surface area contributed by atoms with Crippen molar-refractivity contribution in [3.8, 4) is 22.1 Å². The van der Waals surface area contributed by atoms with Crippen LogP contribution in [0.25, 0.3) is 10.6 Å². The molecular formula is C24H28N2O3S. The summed E-state index contributed by atoms with van der Waals surface area (Å²) < 4.78 is 10.6. The Morgan fingerprint density at radius 1 is 1.10 bits per heavy atom. The molecule has 3 aromatic rings. The van der Waals surface area contributed by atoms with E-state index >= 15 is 0 Å². The quantitative estimate of drug-likeness (QED) is 0.568. The lowest BCUT2D eigenvalue weighted by molar-refractivity contribution is -0.121. The summed E-state index contributed by atoms with van der Waals surface area (Å²) in [6, 6.07) is 12.2. The number of methoxy groups -OCH3 is 2. The van der Waals surface area contributed by atoms with Gasteiger partial charge in [0.1, 0.15) is 5.01 Å². The Balaban J connectivity index is 1.60. The molecule has 0 aliphatic carbocycles. The van der Waals surface area contributed by atoms with Crippen LogP contribution in [0.5, 0.6) is 11.5 Å². The van der Waals surface area contributed by atoms with Crippen LogP contribution < -0.4 is 14.8 Å². The molecule has 0 aliphatic heterocycles. The third-order valence-electron chi connectivity index (χ3n) is 4.96. The number of benzene rings is 2. The highest BCUT2D eigenvalue weighted by atomic mass is 32.1. The van der Waals surface area contributed by atoms with E-state index in [0.717, 1.165) is 22.7 Å². The molecule has 0 bridgehead atoms. The van der Waals surface area contributed by atoms with Crippen LogP contribution in [0.2, 0.25) is 0 Å².